The molecular weight excluding hydrogens is 377 g/mol. The van der Waals surface area contributed by atoms with Crippen molar-refractivity contribution >= 4 is 5.97 Å². The summed E-state index contributed by atoms with van der Waals surface area (Å²) in [4.78, 5) is 16.9. The van der Waals surface area contributed by atoms with Crippen LogP contribution in [0, 0.1) is 5.82 Å². The number of esters is 1. The molecule has 3 nitrogen and oxygen atoms in total. The van der Waals surface area contributed by atoms with E-state index < -0.39 is 11.8 Å². The van der Waals surface area contributed by atoms with Crippen molar-refractivity contribution < 1.29 is 13.9 Å². The Bertz CT molecular complexity index is 965. The SMILES string of the molecule is CCCCCc1ccc(-c2ccc(C(=O)Oc3ccc(CCC)cc3F)cc2)nc1. The Balaban J connectivity index is 1.64. The van der Waals surface area contributed by atoms with Gasteiger partial charge >= 0.3 is 5.97 Å². The number of aryl methyl sites for hydroxylation is 2. The van der Waals surface area contributed by atoms with Gasteiger partial charge < -0.3 is 4.74 Å². The van der Waals surface area contributed by atoms with Crippen molar-refractivity contribution in [1.29, 1.82) is 0 Å². The van der Waals surface area contributed by atoms with Crippen LogP contribution in [0.25, 0.3) is 11.3 Å². The fourth-order valence-corrected chi connectivity index (χ4v) is 3.33. The number of rotatable bonds is 9. The van der Waals surface area contributed by atoms with Crippen LogP contribution in [0.1, 0.15) is 61.0 Å². The van der Waals surface area contributed by atoms with Crippen LogP contribution >= 0.6 is 0 Å². The van der Waals surface area contributed by atoms with E-state index in [1.54, 1.807) is 18.2 Å². The molecule has 0 fully saturated rings. The number of nitrogens with zero attached hydrogens (tertiary/aromatic N) is 1. The molecule has 0 N–H and O–H groups in total. The van der Waals surface area contributed by atoms with Gasteiger partial charge in [-0.15, -0.1) is 0 Å². The van der Waals surface area contributed by atoms with Crippen LogP contribution in [0.5, 0.6) is 5.75 Å². The fourth-order valence-electron chi connectivity index (χ4n) is 3.33. The summed E-state index contributed by atoms with van der Waals surface area (Å²) in [6.07, 6.45) is 8.29. The number of carbonyl (C=O) groups is 1. The fraction of sp³-hybridized carbons (Fsp3) is 0.308. The Kier molecular flexibility index (Phi) is 7.72. The lowest BCUT2D eigenvalue weighted by Crippen LogP contribution is -2.09. The summed E-state index contributed by atoms with van der Waals surface area (Å²) in [6.45, 7) is 4.23. The minimum atomic E-state index is -0.581. The van der Waals surface area contributed by atoms with Gasteiger partial charge in [0.2, 0.25) is 0 Å². The van der Waals surface area contributed by atoms with Crippen molar-refractivity contribution in [3.8, 4) is 17.0 Å². The monoisotopic (exact) mass is 405 g/mol. The number of halogens is 1. The van der Waals surface area contributed by atoms with Crippen molar-refractivity contribution in [2.45, 2.75) is 52.4 Å². The average Bonchev–Trinajstić information content (AvgIpc) is 2.77. The lowest BCUT2D eigenvalue weighted by Gasteiger charge is -2.08. The molecule has 0 aliphatic rings. The van der Waals surface area contributed by atoms with E-state index in [4.69, 9.17) is 4.74 Å². The molecule has 0 spiro atoms. The average molecular weight is 406 g/mol. The number of pyridine rings is 1. The smallest absolute Gasteiger partial charge is 0.343 e. The van der Waals surface area contributed by atoms with Gasteiger partial charge in [0, 0.05) is 11.8 Å². The maximum absolute atomic E-state index is 14.2. The molecule has 30 heavy (non-hydrogen) atoms. The van der Waals surface area contributed by atoms with E-state index in [-0.39, 0.29) is 5.75 Å². The summed E-state index contributed by atoms with van der Waals surface area (Å²) in [6, 6.07) is 15.8. The van der Waals surface area contributed by atoms with Gasteiger partial charge in [-0.3, -0.25) is 4.98 Å². The molecule has 156 valence electrons. The number of aromatic nitrogens is 1. The van der Waals surface area contributed by atoms with Crippen LogP contribution in [0.3, 0.4) is 0 Å². The quantitative estimate of drug-likeness (QED) is 0.223. The summed E-state index contributed by atoms with van der Waals surface area (Å²) in [7, 11) is 0. The molecule has 2 aromatic carbocycles. The zero-order valence-electron chi connectivity index (χ0n) is 17.7. The van der Waals surface area contributed by atoms with E-state index in [0.717, 1.165) is 36.1 Å². The van der Waals surface area contributed by atoms with Gasteiger partial charge in [0.15, 0.2) is 11.6 Å². The largest absolute Gasteiger partial charge is 0.420 e. The first-order valence-corrected chi connectivity index (χ1v) is 10.7. The van der Waals surface area contributed by atoms with Crippen LogP contribution < -0.4 is 4.74 Å². The van der Waals surface area contributed by atoms with Crippen LogP contribution in [-0.2, 0) is 12.8 Å². The van der Waals surface area contributed by atoms with Crippen LogP contribution in [0.4, 0.5) is 4.39 Å². The third-order valence-corrected chi connectivity index (χ3v) is 5.05. The highest BCUT2D eigenvalue weighted by Crippen LogP contribution is 2.22. The zero-order valence-corrected chi connectivity index (χ0v) is 17.7. The molecule has 3 rings (SSSR count). The maximum Gasteiger partial charge on any atom is 0.343 e. The van der Waals surface area contributed by atoms with E-state index in [0.29, 0.717) is 5.56 Å². The van der Waals surface area contributed by atoms with Gasteiger partial charge in [0.05, 0.1) is 11.3 Å². The van der Waals surface area contributed by atoms with Gasteiger partial charge in [0.1, 0.15) is 0 Å². The molecule has 0 saturated carbocycles. The minimum absolute atomic E-state index is 0.0516. The van der Waals surface area contributed by atoms with E-state index in [9.17, 15) is 9.18 Å². The number of ether oxygens (including phenoxy) is 1. The Morgan fingerprint density at radius 1 is 0.900 bits per heavy atom. The first-order valence-electron chi connectivity index (χ1n) is 10.7. The topological polar surface area (TPSA) is 39.2 Å². The standard InChI is InChI=1S/C26H28FNO2/c1-3-5-6-8-20-9-15-24(28-18-20)21-11-13-22(14-12-21)26(29)30-25-16-10-19(7-4-2)17-23(25)27/h9-18H,3-8H2,1-2H3. The predicted octanol–water partition coefficient (Wildman–Crippen LogP) is 6.79. The Labute approximate surface area is 177 Å². The number of benzene rings is 2. The van der Waals surface area contributed by atoms with Gasteiger partial charge in [0.25, 0.3) is 0 Å². The van der Waals surface area contributed by atoms with E-state index in [1.807, 2.05) is 31.3 Å². The zero-order chi connectivity index (χ0) is 21.3. The van der Waals surface area contributed by atoms with Crippen molar-refractivity contribution in [3.05, 3.63) is 83.3 Å². The predicted molar refractivity (Wildman–Crippen MR) is 118 cm³/mol. The van der Waals surface area contributed by atoms with E-state index in [2.05, 4.69) is 18.0 Å². The van der Waals surface area contributed by atoms with Crippen LogP contribution in [0.2, 0.25) is 0 Å². The molecule has 0 atom stereocenters. The van der Waals surface area contributed by atoms with Crippen molar-refractivity contribution in [1.82, 2.24) is 4.98 Å². The van der Waals surface area contributed by atoms with E-state index >= 15 is 0 Å². The highest BCUT2D eigenvalue weighted by molar-refractivity contribution is 5.91. The van der Waals surface area contributed by atoms with Gasteiger partial charge in [-0.05, 0) is 60.7 Å². The molecule has 0 radical (unpaired) electrons. The second kappa shape index (κ2) is 10.7. The normalized spacial score (nSPS) is 10.8. The summed E-state index contributed by atoms with van der Waals surface area (Å²) >= 11 is 0. The summed E-state index contributed by atoms with van der Waals surface area (Å²) in [5, 5.41) is 0. The summed E-state index contributed by atoms with van der Waals surface area (Å²) in [5.41, 5.74) is 4.27. The molecule has 0 unspecified atom stereocenters. The van der Waals surface area contributed by atoms with Gasteiger partial charge in [-0.25, -0.2) is 9.18 Å². The molecule has 0 saturated heterocycles. The lowest BCUT2D eigenvalue weighted by molar-refractivity contribution is 0.0728. The number of hydrogen-bond donors (Lipinski definition) is 0. The van der Waals surface area contributed by atoms with Gasteiger partial charge in [-0.2, -0.15) is 0 Å². The Morgan fingerprint density at radius 3 is 2.30 bits per heavy atom. The molecule has 0 bridgehead atoms. The lowest BCUT2D eigenvalue weighted by atomic mass is 10.1. The second-order valence-corrected chi connectivity index (χ2v) is 7.49. The number of unbranched alkanes of at least 4 members (excludes halogenated alkanes) is 2. The van der Waals surface area contributed by atoms with Gasteiger partial charge in [-0.1, -0.05) is 57.4 Å². The third kappa shape index (κ3) is 5.76. The molecule has 3 aromatic rings. The first kappa shape index (κ1) is 21.7. The Hall–Kier alpha value is -3.01. The molecule has 0 amide bonds. The second-order valence-electron chi connectivity index (χ2n) is 7.49. The molecule has 0 aliphatic heterocycles. The highest BCUT2D eigenvalue weighted by atomic mass is 19.1. The third-order valence-electron chi connectivity index (χ3n) is 5.05. The molecule has 0 aliphatic carbocycles. The van der Waals surface area contributed by atoms with Crippen molar-refractivity contribution in [2.75, 3.05) is 0 Å². The van der Waals surface area contributed by atoms with Crippen molar-refractivity contribution in [2.24, 2.45) is 0 Å². The summed E-state index contributed by atoms with van der Waals surface area (Å²) < 4.78 is 19.4. The minimum Gasteiger partial charge on any atom is -0.420 e. The maximum atomic E-state index is 14.2. The highest BCUT2D eigenvalue weighted by Gasteiger charge is 2.13. The first-order chi connectivity index (χ1) is 14.6. The Morgan fingerprint density at radius 2 is 1.67 bits per heavy atom. The molecule has 1 aromatic heterocycles. The summed E-state index contributed by atoms with van der Waals surface area (Å²) in [5.74, 6) is -1.15. The molecular formula is C26H28FNO2. The van der Waals surface area contributed by atoms with Crippen LogP contribution in [-0.4, -0.2) is 11.0 Å². The molecule has 4 heteroatoms. The number of carbonyl (C=O) groups excluding carboxylic acids is 1. The molecule has 1 heterocycles. The van der Waals surface area contributed by atoms with Crippen molar-refractivity contribution in [3.63, 3.8) is 0 Å². The van der Waals surface area contributed by atoms with Crippen LogP contribution in [0.15, 0.2) is 60.8 Å². The van der Waals surface area contributed by atoms with E-state index in [1.165, 1.54) is 37.0 Å². The number of hydrogen-bond acceptors (Lipinski definition) is 3.